The Morgan fingerprint density at radius 1 is 1.65 bits per heavy atom. The molecule has 2 N–H and O–H groups in total. The van der Waals surface area contributed by atoms with E-state index in [0.717, 1.165) is 0 Å². The van der Waals surface area contributed by atoms with Gasteiger partial charge in [0, 0.05) is 23.9 Å². The summed E-state index contributed by atoms with van der Waals surface area (Å²) in [6, 6.07) is 4.87. The normalized spacial score (nSPS) is 9.47. The van der Waals surface area contributed by atoms with Crippen molar-refractivity contribution < 1.29 is 4.92 Å². The van der Waals surface area contributed by atoms with E-state index in [0.29, 0.717) is 22.9 Å². The van der Waals surface area contributed by atoms with Gasteiger partial charge in [0.25, 0.3) is 5.69 Å². The van der Waals surface area contributed by atoms with Gasteiger partial charge in [-0.3, -0.25) is 10.1 Å². The average molecular weight is 251 g/mol. The fourth-order valence-electron chi connectivity index (χ4n) is 1.22. The number of hydrogen-bond acceptors (Lipinski definition) is 3. The highest BCUT2D eigenvalue weighted by atomic mass is 32.1. The number of nitrogens with one attached hydrogen (secondary N) is 2. The van der Waals surface area contributed by atoms with Crippen LogP contribution in [-0.4, -0.2) is 16.6 Å². The summed E-state index contributed by atoms with van der Waals surface area (Å²) in [7, 11) is 0. The number of rotatable bonds is 4. The lowest BCUT2D eigenvalue weighted by Crippen LogP contribution is -2.28. The van der Waals surface area contributed by atoms with Crippen LogP contribution in [0.5, 0.6) is 0 Å². The van der Waals surface area contributed by atoms with Crippen molar-refractivity contribution in [2.24, 2.45) is 0 Å². The first-order valence-corrected chi connectivity index (χ1v) is 5.36. The van der Waals surface area contributed by atoms with Gasteiger partial charge in [0.2, 0.25) is 0 Å². The van der Waals surface area contributed by atoms with Gasteiger partial charge in [-0.15, -0.1) is 6.58 Å². The molecule has 1 aromatic carbocycles. The van der Waals surface area contributed by atoms with Crippen LogP contribution >= 0.6 is 12.2 Å². The fourth-order valence-corrected chi connectivity index (χ4v) is 1.43. The van der Waals surface area contributed by atoms with Gasteiger partial charge in [-0.2, -0.15) is 0 Å². The molecule has 1 rings (SSSR count). The predicted octanol–water partition coefficient (Wildman–Crippen LogP) is 2.38. The van der Waals surface area contributed by atoms with Crippen molar-refractivity contribution in [3.63, 3.8) is 0 Å². The first-order chi connectivity index (χ1) is 8.04. The number of hydrogen-bond donors (Lipinski definition) is 2. The number of nitrogens with zero attached hydrogens (tertiary/aromatic N) is 1. The average Bonchev–Trinajstić information content (AvgIpc) is 2.28. The Labute approximate surface area is 105 Å². The van der Waals surface area contributed by atoms with Gasteiger partial charge in [-0.25, -0.2) is 0 Å². The zero-order valence-corrected chi connectivity index (χ0v) is 10.2. The molecule has 0 aliphatic heterocycles. The lowest BCUT2D eigenvalue weighted by atomic mass is 10.2. The predicted molar refractivity (Wildman–Crippen MR) is 72.3 cm³/mol. The molecule has 0 unspecified atom stereocenters. The first-order valence-electron chi connectivity index (χ1n) is 4.95. The van der Waals surface area contributed by atoms with Crippen molar-refractivity contribution in [3.05, 3.63) is 46.5 Å². The van der Waals surface area contributed by atoms with E-state index in [-0.39, 0.29) is 5.69 Å². The second-order valence-electron chi connectivity index (χ2n) is 3.38. The molecule has 0 saturated heterocycles. The molecular formula is C11H13N3O2S. The molecule has 0 fully saturated rings. The minimum absolute atomic E-state index is 0.0709. The van der Waals surface area contributed by atoms with Gasteiger partial charge in [-0.1, -0.05) is 12.1 Å². The second-order valence-corrected chi connectivity index (χ2v) is 3.79. The fraction of sp³-hybridized carbons (Fsp3) is 0.182. The summed E-state index contributed by atoms with van der Waals surface area (Å²) in [6.07, 6.45) is 1.67. The molecule has 5 nitrogen and oxygen atoms in total. The smallest absolute Gasteiger partial charge is 0.274 e. The van der Waals surface area contributed by atoms with E-state index in [9.17, 15) is 10.1 Å². The van der Waals surface area contributed by atoms with Gasteiger partial charge >= 0.3 is 0 Å². The maximum absolute atomic E-state index is 10.7. The highest BCUT2D eigenvalue weighted by molar-refractivity contribution is 7.80. The van der Waals surface area contributed by atoms with Crippen molar-refractivity contribution in [2.45, 2.75) is 6.92 Å². The molecule has 0 spiro atoms. The van der Waals surface area contributed by atoms with Crippen molar-refractivity contribution in [2.75, 3.05) is 11.9 Å². The summed E-state index contributed by atoms with van der Waals surface area (Å²) in [5.41, 5.74) is 1.27. The van der Waals surface area contributed by atoms with Crippen molar-refractivity contribution in [3.8, 4) is 0 Å². The van der Waals surface area contributed by atoms with Gasteiger partial charge in [-0.05, 0) is 25.2 Å². The number of nitro groups is 1. The standard InChI is InChI=1S/C11H13N3O2S/c1-3-6-12-11(17)13-9-5-4-8(2)10(7-9)14(15)16/h3-5,7H,1,6H2,2H3,(H2,12,13,17). The Hall–Kier alpha value is -1.95. The zero-order valence-electron chi connectivity index (χ0n) is 9.40. The molecule has 0 bridgehead atoms. The van der Waals surface area contributed by atoms with E-state index in [2.05, 4.69) is 17.2 Å². The zero-order chi connectivity index (χ0) is 12.8. The number of thiocarbonyl (C=S) groups is 1. The monoisotopic (exact) mass is 251 g/mol. The number of anilines is 1. The molecule has 0 aromatic heterocycles. The summed E-state index contributed by atoms with van der Waals surface area (Å²) in [4.78, 5) is 10.3. The molecule has 0 heterocycles. The Kier molecular flexibility index (Phi) is 4.59. The molecule has 0 aliphatic carbocycles. The third-order valence-electron chi connectivity index (χ3n) is 2.07. The van der Waals surface area contributed by atoms with Crippen LogP contribution in [-0.2, 0) is 0 Å². The van der Waals surface area contributed by atoms with Gasteiger partial charge in [0.05, 0.1) is 4.92 Å². The third kappa shape index (κ3) is 3.84. The molecule has 0 radical (unpaired) electrons. The molecule has 0 amide bonds. The quantitative estimate of drug-likeness (QED) is 0.372. The Morgan fingerprint density at radius 3 is 2.94 bits per heavy atom. The minimum Gasteiger partial charge on any atom is -0.359 e. The van der Waals surface area contributed by atoms with Crippen LogP contribution in [0.1, 0.15) is 5.56 Å². The van der Waals surface area contributed by atoms with Crippen LogP contribution in [0.2, 0.25) is 0 Å². The summed E-state index contributed by atoms with van der Waals surface area (Å²) in [6.45, 7) is 5.78. The topological polar surface area (TPSA) is 67.2 Å². The molecule has 0 aliphatic rings. The van der Waals surface area contributed by atoms with Crippen molar-refractivity contribution >= 4 is 28.7 Å². The largest absolute Gasteiger partial charge is 0.359 e. The number of aryl methyl sites for hydroxylation is 1. The van der Waals surface area contributed by atoms with E-state index < -0.39 is 4.92 Å². The summed E-state index contributed by atoms with van der Waals surface area (Å²) in [5.74, 6) is 0. The summed E-state index contributed by atoms with van der Waals surface area (Å²) >= 11 is 5.00. The van der Waals surface area contributed by atoms with Crippen LogP contribution in [0.25, 0.3) is 0 Å². The summed E-state index contributed by atoms with van der Waals surface area (Å²) in [5, 5.41) is 16.9. The molecule has 1 aromatic rings. The molecule has 0 atom stereocenters. The van der Waals surface area contributed by atoms with Gasteiger partial charge in [0.1, 0.15) is 0 Å². The molecule has 17 heavy (non-hydrogen) atoms. The second kappa shape index (κ2) is 5.95. The minimum atomic E-state index is -0.416. The lowest BCUT2D eigenvalue weighted by molar-refractivity contribution is -0.385. The van der Waals surface area contributed by atoms with Crippen LogP contribution < -0.4 is 10.6 Å². The van der Waals surface area contributed by atoms with E-state index >= 15 is 0 Å². The highest BCUT2D eigenvalue weighted by Crippen LogP contribution is 2.22. The maximum Gasteiger partial charge on any atom is 0.274 e. The lowest BCUT2D eigenvalue weighted by Gasteiger charge is -2.09. The van der Waals surface area contributed by atoms with E-state index in [1.807, 2.05) is 0 Å². The molecule has 0 saturated carbocycles. The van der Waals surface area contributed by atoms with Crippen molar-refractivity contribution in [1.29, 1.82) is 0 Å². The van der Waals surface area contributed by atoms with Crippen LogP contribution in [0.15, 0.2) is 30.9 Å². The number of nitro benzene ring substituents is 1. The Morgan fingerprint density at radius 2 is 2.35 bits per heavy atom. The SMILES string of the molecule is C=CCNC(=S)Nc1ccc(C)c([N+](=O)[O-])c1. The summed E-state index contributed by atoms with van der Waals surface area (Å²) < 4.78 is 0. The molecule has 6 heteroatoms. The number of benzene rings is 1. The molecular weight excluding hydrogens is 238 g/mol. The third-order valence-corrected chi connectivity index (χ3v) is 2.32. The van der Waals surface area contributed by atoms with E-state index in [4.69, 9.17) is 12.2 Å². The van der Waals surface area contributed by atoms with E-state index in [1.54, 1.807) is 25.1 Å². The van der Waals surface area contributed by atoms with Crippen LogP contribution in [0.4, 0.5) is 11.4 Å². The Bertz CT molecular complexity index is 460. The molecule has 90 valence electrons. The first kappa shape index (κ1) is 13.1. The van der Waals surface area contributed by atoms with Crippen LogP contribution in [0.3, 0.4) is 0 Å². The van der Waals surface area contributed by atoms with Crippen molar-refractivity contribution in [1.82, 2.24) is 5.32 Å². The van der Waals surface area contributed by atoms with Gasteiger partial charge < -0.3 is 10.6 Å². The van der Waals surface area contributed by atoms with Crippen LogP contribution in [0, 0.1) is 17.0 Å². The highest BCUT2D eigenvalue weighted by Gasteiger charge is 2.11. The maximum atomic E-state index is 10.7. The van der Waals surface area contributed by atoms with E-state index in [1.165, 1.54) is 6.07 Å². The van der Waals surface area contributed by atoms with Gasteiger partial charge in [0.15, 0.2) is 5.11 Å². The Balaban J connectivity index is 2.79.